The molecule has 0 radical (unpaired) electrons. The fraction of sp³-hybridized carbons (Fsp3) is 0.389. The molecule has 0 saturated carbocycles. The Morgan fingerprint density at radius 3 is 2.08 bits per heavy atom. The lowest BCUT2D eigenvalue weighted by atomic mass is 9.95. The first-order valence-corrected chi connectivity index (χ1v) is 7.77. The molecule has 0 bridgehead atoms. The first-order chi connectivity index (χ1) is 12.0. The molecule has 1 aromatic carbocycles. The minimum absolute atomic E-state index is 0.00526. The van der Waals surface area contributed by atoms with Crippen molar-refractivity contribution in [3.63, 3.8) is 0 Å². The number of amides is 1. The van der Waals surface area contributed by atoms with E-state index in [2.05, 4.69) is 11.2 Å². The topological polar surface area (TPSA) is 90.9 Å². The largest absolute Gasteiger partial charge is 0.464 e. The molecule has 1 aromatic rings. The molecule has 0 aromatic heterocycles. The summed E-state index contributed by atoms with van der Waals surface area (Å²) >= 11 is 0. The summed E-state index contributed by atoms with van der Waals surface area (Å²) < 4.78 is 14.8. The molecule has 0 aliphatic rings. The molecule has 0 unspecified atom stereocenters. The minimum Gasteiger partial charge on any atom is -0.464 e. The maximum Gasteiger partial charge on any atom is 0.408 e. The number of hydrogen-bond donors (Lipinski definition) is 1. The second-order valence-corrected chi connectivity index (χ2v) is 4.91. The Bertz CT molecular complexity index is 617. The van der Waals surface area contributed by atoms with Gasteiger partial charge in [-0.2, -0.15) is 0 Å². The van der Waals surface area contributed by atoms with Crippen LogP contribution in [0.3, 0.4) is 0 Å². The third kappa shape index (κ3) is 5.53. The smallest absolute Gasteiger partial charge is 0.408 e. The third-order valence-corrected chi connectivity index (χ3v) is 3.14. The van der Waals surface area contributed by atoms with Crippen LogP contribution < -0.4 is 5.32 Å². The van der Waals surface area contributed by atoms with Crippen molar-refractivity contribution in [3.8, 4) is 12.3 Å². The van der Waals surface area contributed by atoms with E-state index < -0.39 is 30.0 Å². The summed E-state index contributed by atoms with van der Waals surface area (Å²) in [6.45, 7) is 3.11. The Balaban J connectivity index is 2.93. The average Bonchev–Trinajstić information content (AvgIpc) is 2.60. The number of hydrogen-bond acceptors (Lipinski definition) is 6. The molecular weight excluding hydrogens is 326 g/mol. The van der Waals surface area contributed by atoms with Crippen molar-refractivity contribution in [3.05, 3.63) is 35.9 Å². The minimum atomic E-state index is -2.14. The van der Waals surface area contributed by atoms with Crippen molar-refractivity contribution in [1.82, 2.24) is 5.32 Å². The standard InChI is InChI=1S/C18H21NO6/c1-4-12-18(15(20)23-5-2,16(21)24-6-3)19-17(22)25-13-14-10-8-7-9-11-14/h1,7-11H,5-6,12-13H2,2-3H3,(H,19,22). The van der Waals surface area contributed by atoms with Crippen LogP contribution in [-0.2, 0) is 30.4 Å². The highest BCUT2D eigenvalue weighted by Gasteiger charge is 2.50. The Labute approximate surface area is 146 Å². The van der Waals surface area contributed by atoms with Crippen LogP contribution >= 0.6 is 0 Å². The van der Waals surface area contributed by atoms with Gasteiger partial charge >= 0.3 is 18.0 Å². The summed E-state index contributed by atoms with van der Waals surface area (Å²) in [5.41, 5.74) is -1.40. The Hall–Kier alpha value is -3.01. The molecule has 25 heavy (non-hydrogen) atoms. The van der Waals surface area contributed by atoms with Gasteiger partial charge in [0.05, 0.1) is 19.6 Å². The molecule has 7 nitrogen and oxygen atoms in total. The Kier molecular flexibility index (Phi) is 8.00. The van der Waals surface area contributed by atoms with E-state index in [9.17, 15) is 14.4 Å². The highest BCUT2D eigenvalue weighted by atomic mass is 16.6. The van der Waals surface area contributed by atoms with Crippen LogP contribution in [-0.4, -0.2) is 36.8 Å². The predicted molar refractivity (Wildman–Crippen MR) is 89.2 cm³/mol. The molecule has 0 aliphatic heterocycles. The molecule has 0 fully saturated rings. The average molecular weight is 347 g/mol. The number of ether oxygens (including phenoxy) is 3. The number of terminal acetylenes is 1. The van der Waals surface area contributed by atoms with Crippen LogP contribution in [0.15, 0.2) is 30.3 Å². The van der Waals surface area contributed by atoms with Crippen molar-refractivity contribution in [2.75, 3.05) is 13.2 Å². The van der Waals surface area contributed by atoms with Gasteiger partial charge in [-0.15, -0.1) is 12.3 Å². The van der Waals surface area contributed by atoms with Crippen LogP contribution in [0.5, 0.6) is 0 Å². The molecule has 1 rings (SSSR count). The van der Waals surface area contributed by atoms with Gasteiger partial charge in [0.25, 0.3) is 0 Å². The maximum atomic E-state index is 12.3. The maximum absolute atomic E-state index is 12.3. The van der Waals surface area contributed by atoms with Crippen LogP contribution in [0.2, 0.25) is 0 Å². The second-order valence-electron chi connectivity index (χ2n) is 4.91. The third-order valence-electron chi connectivity index (χ3n) is 3.14. The summed E-state index contributed by atoms with van der Waals surface area (Å²) in [4.78, 5) is 36.7. The quantitative estimate of drug-likeness (QED) is 0.334. The fourth-order valence-corrected chi connectivity index (χ4v) is 1.97. The van der Waals surface area contributed by atoms with E-state index in [1.54, 1.807) is 38.1 Å². The van der Waals surface area contributed by atoms with Gasteiger partial charge in [0.2, 0.25) is 5.54 Å². The van der Waals surface area contributed by atoms with Crippen LogP contribution in [0, 0.1) is 12.3 Å². The zero-order valence-electron chi connectivity index (χ0n) is 14.2. The van der Waals surface area contributed by atoms with E-state index in [-0.39, 0.29) is 19.8 Å². The second kappa shape index (κ2) is 9.98. The van der Waals surface area contributed by atoms with Crippen molar-refractivity contribution in [2.45, 2.75) is 32.4 Å². The zero-order chi connectivity index (χ0) is 18.7. The van der Waals surface area contributed by atoms with Crippen LogP contribution in [0.1, 0.15) is 25.8 Å². The summed E-state index contributed by atoms with van der Waals surface area (Å²) in [6, 6.07) is 8.92. The lowest BCUT2D eigenvalue weighted by molar-refractivity contribution is -0.165. The van der Waals surface area contributed by atoms with E-state index in [1.165, 1.54) is 0 Å². The van der Waals surface area contributed by atoms with E-state index in [0.717, 1.165) is 5.56 Å². The Morgan fingerprint density at radius 1 is 1.04 bits per heavy atom. The molecular formula is C18H21NO6. The van der Waals surface area contributed by atoms with Crippen LogP contribution in [0.4, 0.5) is 4.79 Å². The number of carbonyl (C=O) groups is 3. The summed E-state index contributed by atoms with van der Waals surface area (Å²) in [5, 5.41) is 2.22. The predicted octanol–water partition coefficient (Wildman–Crippen LogP) is 1.80. The van der Waals surface area contributed by atoms with Gasteiger partial charge in [0, 0.05) is 0 Å². The van der Waals surface area contributed by atoms with Gasteiger partial charge in [-0.25, -0.2) is 14.4 Å². The van der Waals surface area contributed by atoms with Gasteiger partial charge in [-0.3, -0.25) is 5.32 Å². The van der Waals surface area contributed by atoms with E-state index in [1.807, 2.05) is 6.07 Å². The van der Waals surface area contributed by atoms with Gasteiger partial charge in [-0.05, 0) is 19.4 Å². The van der Waals surface area contributed by atoms with Crippen LogP contribution in [0.25, 0.3) is 0 Å². The SMILES string of the molecule is C#CCC(NC(=O)OCc1ccccc1)(C(=O)OCC)C(=O)OCC. The molecule has 0 spiro atoms. The normalized spacial score (nSPS) is 10.3. The number of alkyl carbamates (subject to hydrolysis) is 1. The number of benzene rings is 1. The number of carbonyl (C=O) groups excluding carboxylic acids is 3. The summed E-state index contributed by atoms with van der Waals surface area (Å²) in [7, 11) is 0. The molecule has 0 heterocycles. The van der Waals surface area contributed by atoms with Crippen molar-refractivity contribution in [1.29, 1.82) is 0 Å². The first-order valence-electron chi connectivity index (χ1n) is 7.77. The van der Waals surface area contributed by atoms with E-state index in [4.69, 9.17) is 20.6 Å². The molecule has 0 atom stereocenters. The zero-order valence-corrected chi connectivity index (χ0v) is 14.2. The highest BCUT2D eigenvalue weighted by molar-refractivity contribution is 6.07. The highest BCUT2D eigenvalue weighted by Crippen LogP contribution is 2.16. The summed E-state index contributed by atoms with van der Waals surface area (Å²) in [5.74, 6) is 0.200. The van der Waals surface area contributed by atoms with E-state index >= 15 is 0 Å². The molecule has 1 N–H and O–H groups in total. The Morgan fingerprint density at radius 2 is 1.60 bits per heavy atom. The molecule has 0 saturated heterocycles. The molecule has 7 heteroatoms. The van der Waals surface area contributed by atoms with E-state index in [0.29, 0.717) is 0 Å². The van der Waals surface area contributed by atoms with Gasteiger partial charge in [-0.1, -0.05) is 30.3 Å². The lowest BCUT2D eigenvalue weighted by Gasteiger charge is -2.27. The number of rotatable bonds is 8. The van der Waals surface area contributed by atoms with Gasteiger partial charge in [0.1, 0.15) is 6.61 Å². The number of nitrogens with one attached hydrogen (secondary N) is 1. The number of esters is 2. The first kappa shape index (κ1) is 20.0. The van der Waals surface area contributed by atoms with Crippen molar-refractivity contribution in [2.24, 2.45) is 0 Å². The molecule has 0 aliphatic carbocycles. The lowest BCUT2D eigenvalue weighted by Crippen LogP contribution is -2.61. The van der Waals surface area contributed by atoms with Crippen molar-refractivity contribution >= 4 is 18.0 Å². The molecule has 1 amide bonds. The summed E-state index contributed by atoms with van der Waals surface area (Å²) in [6.07, 6.45) is 3.85. The van der Waals surface area contributed by atoms with Crippen molar-refractivity contribution < 1.29 is 28.6 Å². The molecule has 134 valence electrons. The van der Waals surface area contributed by atoms with Gasteiger partial charge < -0.3 is 14.2 Å². The van der Waals surface area contributed by atoms with Gasteiger partial charge in [0.15, 0.2) is 0 Å². The fourth-order valence-electron chi connectivity index (χ4n) is 1.97. The monoisotopic (exact) mass is 347 g/mol.